The highest BCUT2D eigenvalue weighted by Gasteiger charge is 2.14. The number of piperidine rings is 1. The number of halogens is 1. The molecule has 0 aromatic carbocycles. The molecule has 2 nitrogen and oxygen atoms in total. The van der Waals surface area contributed by atoms with Gasteiger partial charge in [0, 0.05) is 18.5 Å². The molecule has 0 amide bonds. The standard InChI is InChI=1S/C6H13ClN2/c1-8-9-4-2-6(7)3-5-9/h6,8H,2-5H2,1H3. The molecule has 54 valence electrons. The molecule has 0 atom stereocenters. The first-order chi connectivity index (χ1) is 4.33. The van der Waals surface area contributed by atoms with Crippen LogP contribution >= 0.6 is 11.6 Å². The minimum atomic E-state index is 0.412. The van der Waals surface area contributed by atoms with Crippen LogP contribution in [0.2, 0.25) is 0 Å². The Morgan fingerprint density at radius 3 is 2.44 bits per heavy atom. The predicted molar refractivity (Wildman–Crippen MR) is 39.5 cm³/mol. The number of hydrogen-bond acceptors (Lipinski definition) is 2. The summed E-state index contributed by atoms with van der Waals surface area (Å²) in [6.07, 6.45) is 2.23. The van der Waals surface area contributed by atoms with Crippen LogP contribution in [0.15, 0.2) is 0 Å². The van der Waals surface area contributed by atoms with Crippen molar-refractivity contribution in [3.8, 4) is 0 Å². The highest BCUT2D eigenvalue weighted by Crippen LogP contribution is 2.13. The van der Waals surface area contributed by atoms with Crippen LogP contribution in [-0.4, -0.2) is 30.5 Å². The van der Waals surface area contributed by atoms with Gasteiger partial charge < -0.3 is 0 Å². The van der Waals surface area contributed by atoms with E-state index in [1.807, 2.05) is 7.05 Å². The second-order valence-electron chi connectivity index (χ2n) is 2.39. The molecule has 0 saturated carbocycles. The van der Waals surface area contributed by atoms with Crippen LogP contribution in [0, 0.1) is 0 Å². The fraction of sp³-hybridized carbons (Fsp3) is 1.00. The molecule has 3 heteroatoms. The van der Waals surface area contributed by atoms with Gasteiger partial charge >= 0.3 is 0 Å². The van der Waals surface area contributed by atoms with Gasteiger partial charge in [0.15, 0.2) is 0 Å². The summed E-state index contributed by atoms with van der Waals surface area (Å²) in [5.41, 5.74) is 3.10. The van der Waals surface area contributed by atoms with E-state index in [1.165, 1.54) is 0 Å². The Labute approximate surface area is 61.1 Å². The van der Waals surface area contributed by atoms with Gasteiger partial charge in [0.2, 0.25) is 0 Å². The summed E-state index contributed by atoms with van der Waals surface area (Å²) in [7, 11) is 1.95. The maximum Gasteiger partial charge on any atom is 0.0361 e. The summed E-state index contributed by atoms with van der Waals surface area (Å²) in [5.74, 6) is 0. The van der Waals surface area contributed by atoms with Crippen molar-refractivity contribution < 1.29 is 0 Å². The molecule has 9 heavy (non-hydrogen) atoms. The lowest BCUT2D eigenvalue weighted by Crippen LogP contribution is -2.41. The zero-order valence-electron chi connectivity index (χ0n) is 5.73. The van der Waals surface area contributed by atoms with Crippen molar-refractivity contribution in [3.05, 3.63) is 0 Å². The van der Waals surface area contributed by atoms with Gasteiger partial charge in [0.25, 0.3) is 0 Å². The fourth-order valence-electron chi connectivity index (χ4n) is 1.07. The maximum atomic E-state index is 5.88. The van der Waals surface area contributed by atoms with Crippen LogP contribution in [0.5, 0.6) is 0 Å². The van der Waals surface area contributed by atoms with Gasteiger partial charge in [-0.2, -0.15) is 0 Å². The summed E-state index contributed by atoms with van der Waals surface area (Å²) in [6.45, 7) is 2.18. The van der Waals surface area contributed by atoms with Gasteiger partial charge in [-0.25, -0.2) is 5.01 Å². The summed E-state index contributed by atoms with van der Waals surface area (Å²) >= 11 is 5.88. The van der Waals surface area contributed by atoms with Crippen molar-refractivity contribution in [2.75, 3.05) is 20.1 Å². The van der Waals surface area contributed by atoms with E-state index in [1.54, 1.807) is 0 Å². The SMILES string of the molecule is CNN1CCC(Cl)CC1. The van der Waals surface area contributed by atoms with Crippen LogP contribution in [0.25, 0.3) is 0 Å². The molecule has 0 aliphatic carbocycles. The summed E-state index contributed by atoms with van der Waals surface area (Å²) in [4.78, 5) is 0. The molecule has 0 bridgehead atoms. The first-order valence-electron chi connectivity index (χ1n) is 3.39. The number of hydrazine groups is 1. The monoisotopic (exact) mass is 148 g/mol. The van der Waals surface area contributed by atoms with Crippen LogP contribution in [0.3, 0.4) is 0 Å². The summed E-state index contributed by atoms with van der Waals surface area (Å²) < 4.78 is 0. The first kappa shape index (κ1) is 7.32. The third kappa shape index (κ3) is 2.12. The Morgan fingerprint density at radius 1 is 1.44 bits per heavy atom. The fourth-order valence-corrected chi connectivity index (χ4v) is 1.27. The van der Waals surface area contributed by atoms with E-state index in [0.717, 1.165) is 25.9 Å². The number of alkyl halides is 1. The van der Waals surface area contributed by atoms with Gasteiger partial charge in [-0.15, -0.1) is 11.6 Å². The number of hydrogen-bond donors (Lipinski definition) is 1. The van der Waals surface area contributed by atoms with Gasteiger partial charge in [-0.1, -0.05) is 0 Å². The third-order valence-electron chi connectivity index (χ3n) is 1.74. The van der Waals surface area contributed by atoms with Crippen molar-refractivity contribution in [1.82, 2.24) is 10.4 Å². The zero-order chi connectivity index (χ0) is 6.69. The Kier molecular flexibility index (Phi) is 2.76. The van der Waals surface area contributed by atoms with E-state index in [9.17, 15) is 0 Å². The first-order valence-corrected chi connectivity index (χ1v) is 3.83. The molecular formula is C6H13ClN2. The molecule has 1 rings (SSSR count). The molecule has 1 fully saturated rings. The van der Waals surface area contributed by atoms with E-state index < -0.39 is 0 Å². The van der Waals surface area contributed by atoms with Crippen molar-refractivity contribution in [2.45, 2.75) is 18.2 Å². The number of nitrogens with one attached hydrogen (secondary N) is 1. The predicted octanol–water partition coefficient (Wildman–Crippen LogP) is 0.824. The molecule has 0 aromatic rings. The molecule has 1 N–H and O–H groups in total. The van der Waals surface area contributed by atoms with Gasteiger partial charge in [0.05, 0.1) is 0 Å². The largest absolute Gasteiger partial charge is 0.258 e. The molecule has 1 saturated heterocycles. The molecule has 1 aliphatic heterocycles. The van der Waals surface area contributed by atoms with Crippen molar-refractivity contribution >= 4 is 11.6 Å². The molecule has 1 heterocycles. The van der Waals surface area contributed by atoms with Crippen LogP contribution in [0.4, 0.5) is 0 Å². The van der Waals surface area contributed by atoms with Crippen molar-refractivity contribution in [2.24, 2.45) is 0 Å². The zero-order valence-corrected chi connectivity index (χ0v) is 6.49. The molecule has 0 spiro atoms. The maximum absolute atomic E-state index is 5.88. The van der Waals surface area contributed by atoms with E-state index in [4.69, 9.17) is 11.6 Å². The van der Waals surface area contributed by atoms with Gasteiger partial charge in [0.1, 0.15) is 0 Å². The summed E-state index contributed by atoms with van der Waals surface area (Å²) in [6, 6.07) is 0. The summed E-state index contributed by atoms with van der Waals surface area (Å²) in [5, 5.41) is 2.60. The van der Waals surface area contributed by atoms with E-state index >= 15 is 0 Å². The second-order valence-corrected chi connectivity index (χ2v) is 3.00. The number of rotatable bonds is 1. The lowest BCUT2D eigenvalue weighted by molar-refractivity contribution is 0.173. The van der Waals surface area contributed by atoms with Gasteiger partial charge in [-0.05, 0) is 19.9 Å². The highest BCUT2D eigenvalue weighted by molar-refractivity contribution is 6.20. The average Bonchev–Trinajstić information content (AvgIpc) is 1.90. The van der Waals surface area contributed by atoms with Crippen molar-refractivity contribution in [1.29, 1.82) is 0 Å². The lowest BCUT2D eigenvalue weighted by atomic mass is 10.1. The lowest BCUT2D eigenvalue weighted by Gasteiger charge is -2.27. The van der Waals surface area contributed by atoms with E-state index in [0.29, 0.717) is 5.38 Å². The topological polar surface area (TPSA) is 15.3 Å². The quantitative estimate of drug-likeness (QED) is 0.554. The van der Waals surface area contributed by atoms with Crippen LogP contribution < -0.4 is 5.43 Å². The molecule has 0 radical (unpaired) electrons. The minimum absolute atomic E-state index is 0.412. The highest BCUT2D eigenvalue weighted by atomic mass is 35.5. The molecule has 0 unspecified atom stereocenters. The molecular weight excluding hydrogens is 136 g/mol. The third-order valence-corrected chi connectivity index (χ3v) is 2.18. The normalized spacial score (nSPS) is 24.7. The number of nitrogens with zero attached hydrogens (tertiary/aromatic N) is 1. The Bertz CT molecular complexity index is 79.1. The van der Waals surface area contributed by atoms with Crippen molar-refractivity contribution in [3.63, 3.8) is 0 Å². The minimum Gasteiger partial charge on any atom is -0.258 e. The van der Waals surface area contributed by atoms with E-state index in [2.05, 4.69) is 10.4 Å². The Hall–Kier alpha value is 0.210. The Balaban J connectivity index is 2.18. The Morgan fingerprint density at radius 2 is 2.00 bits per heavy atom. The van der Waals surface area contributed by atoms with Gasteiger partial charge in [-0.3, -0.25) is 5.43 Å². The van der Waals surface area contributed by atoms with Crippen LogP contribution in [0.1, 0.15) is 12.8 Å². The smallest absolute Gasteiger partial charge is 0.0361 e. The second kappa shape index (κ2) is 3.40. The van der Waals surface area contributed by atoms with E-state index in [-0.39, 0.29) is 0 Å². The average molecular weight is 149 g/mol. The van der Waals surface area contributed by atoms with Crippen LogP contribution in [-0.2, 0) is 0 Å². The molecule has 0 aromatic heterocycles. The molecule has 1 aliphatic rings.